The molecule has 3 nitrogen and oxygen atoms in total. The topological polar surface area (TPSA) is 41.3 Å². The lowest BCUT2D eigenvalue weighted by molar-refractivity contribution is 0.383. The molecule has 0 aromatic heterocycles. The van der Waals surface area contributed by atoms with Crippen LogP contribution in [0.4, 0.5) is 4.39 Å². The first-order chi connectivity index (χ1) is 8.06. The molecule has 1 aromatic rings. The van der Waals surface area contributed by atoms with E-state index in [1.807, 2.05) is 19.0 Å². The van der Waals surface area contributed by atoms with E-state index in [0.717, 1.165) is 13.1 Å². The van der Waals surface area contributed by atoms with Gasteiger partial charge in [0, 0.05) is 36.3 Å². The fourth-order valence-electron chi connectivity index (χ4n) is 1.61. The van der Waals surface area contributed by atoms with Crippen LogP contribution in [0.1, 0.15) is 11.6 Å². The van der Waals surface area contributed by atoms with E-state index in [2.05, 4.69) is 5.32 Å². The maximum atomic E-state index is 13.7. The fraction of sp³-hybridized carbons (Fsp3) is 0.500. The molecule has 96 valence electrons. The van der Waals surface area contributed by atoms with Gasteiger partial charge in [-0.15, -0.1) is 0 Å². The zero-order valence-electron chi connectivity index (χ0n) is 10.2. The average Bonchev–Trinajstić information content (AvgIpc) is 2.26. The smallest absolute Gasteiger partial charge is 0.129 e. The summed E-state index contributed by atoms with van der Waals surface area (Å²) in [5, 5.41) is 3.62. The molecule has 1 rings (SSSR count). The molecule has 0 amide bonds. The molecule has 0 spiro atoms. The van der Waals surface area contributed by atoms with E-state index >= 15 is 0 Å². The molecule has 17 heavy (non-hydrogen) atoms. The second-order valence-electron chi connectivity index (χ2n) is 4.18. The van der Waals surface area contributed by atoms with Crippen LogP contribution in [0.15, 0.2) is 18.2 Å². The summed E-state index contributed by atoms with van der Waals surface area (Å²) in [5.41, 5.74) is 6.11. The number of nitrogens with one attached hydrogen (secondary N) is 1. The lowest BCUT2D eigenvalue weighted by atomic mass is 10.1. The van der Waals surface area contributed by atoms with E-state index in [-0.39, 0.29) is 11.9 Å². The van der Waals surface area contributed by atoms with Crippen molar-refractivity contribution in [2.24, 2.45) is 5.73 Å². The summed E-state index contributed by atoms with van der Waals surface area (Å²) in [7, 11) is 3.96. The predicted octanol–water partition coefficient (Wildman–Crippen LogP) is 1.63. The van der Waals surface area contributed by atoms with Gasteiger partial charge in [-0.1, -0.05) is 17.7 Å². The Morgan fingerprint density at radius 3 is 2.71 bits per heavy atom. The Morgan fingerprint density at radius 2 is 2.18 bits per heavy atom. The van der Waals surface area contributed by atoms with Gasteiger partial charge in [-0.2, -0.15) is 0 Å². The molecule has 0 radical (unpaired) electrons. The lowest BCUT2D eigenvalue weighted by Crippen LogP contribution is -2.34. The average molecular weight is 260 g/mol. The molecule has 5 heteroatoms. The Balaban J connectivity index is 2.72. The number of halogens is 2. The maximum Gasteiger partial charge on any atom is 0.129 e. The van der Waals surface area contributed by atoms with Crippen LogP contribution in [-0.4, -0.2) is 38.6 Å². The normalized spacial score (nSPS) is 13.1. The SMILES string of the molecule is CN(C)CCNC(CN)c1c(F)cccc1Cl. The number of benzene rings is 1. The minimum atomic E-state index is -0.315. The molecular weight excluding hydrogens is 241 g/mol. The number of likely N-dealkylation sites (N-methyl/N-ethyl adjacent to an activating group) is 1. The van der Waals surface area contributed by atoms with Crippen LogP contribution in [0.25, 0.3) is 0 Å². The molecule has 0 aliphatic rings. The molecule has 0 saturated carbocycles. The van der Waals surface area contributed by atoms with Crippen molar-refractivity contribution in [2.75, 3.05) is 33.7 Å². The van der Waals surface area contributed by atoms with Gasteiger partial charge in [0.05, 0.1) is 0 Å². The van der Waals surface area contributed by atoms with Crippen LogP contribution in [0.5, 0.6) is 0 Å². The first kappa shape index (κ1) is 14.4. The molecule has 0 aliphatic heterocycles. The van der Waals surface area contributed by atoms with Crippen LogP contribution in [0.3, 0.4) is 0 Å². The zero-order chi connectivity index (χ0) is 12.8. The van der Waals surface area contributed by atoms with Crippen LogP contribution in [-0.2, 0) is 0 Å². The van der Waals surface area contributed by atoms with Crippen LogP contribution >= 0.6 is 11.6 Å². The van der Waals surface area contributed by atoms with Crippen LogP contribution < -0.4 is 11.1 Å². The van der Waals surface area contributed by atoms with E-state index in [1.165, 1.54) is 6.07 Å². The molecule has 0 heterocycles. The summed E-state index contributed by atoms with van der Waals surface area (Å²) in [5.74, 6) is -0.315. The third-order valence-corrected chi connectivity index (χ3v) is 2.86. The third kappa shape index (κ3) is 4.24. The first-order valence-electron chi connectivity index (χ1n) is 5.58. The largest absolute Gasteiger partial charge is 0.329 e. The monoisotopic (exact) mass is 259 g/mol. The van der Waals surface area contributed by atoms with Gasteiger partial charge in [0.2, 0.25) is 0 Å². The highest BCUT2D eigenvalue weighted by Crippen LogP contribution is 2.25. The van der Waals surface area contributed by atoms with Gasteiger partial charge >= 0.3 is 0 Å². The van der Waals surface area contributed by atoms with Crippen LogP contribution in [0, 0.1) is 5.82 Å². The number of nitrogens with zero attached hydrogens (tertiary/aromatic N) is 1. The molecule has 1 atom stereocenters. The minimum absolute atomic E-state index is 0.247. The number of nitrogens with two attached hydrogens (primary N) is 1. The second kappa shape index (κ2) is 6.91. The second-order valence-corrected chi connectivity index (χ2v) is 4.59. The van der Waals surface area contributed by atoms with E-state index in [9.17, 15) is 4.39 Å². The summed E-state index contributed by atoms with van der Waals surface area (Å²) in [6, 6.07) is 4.42. The summed E-state index contributed by atoms with van der Waals surface area (Å²) < 4.78 is 13.7. The Hall–Kier alpha value is -0.680. The molecule has 0 fully saturated rings. The molecule has 0 bridgehead atoms. The van der Waals surface area contributed by atoms with E-state index in [1.54, 1.807) is 12.1 Å². The number of rotatable bonds is 6. The maximum absolute atomic E-state index is 13.7. The van der Waals surface area contributed by atoms with Crippen molar-refractivity contribution in [3.63, 3.8) is 0 Å². The van der Waals surface area contributed by atoms with E-state index in [4.69, 9.17) is 17.3 Å². The predicted molar refractivity (Wildman–Crippen MR) is 69.8 cm³/mol. The lowest BCUT2D eigenvalue weighted by Gasteiger charge is -2.20. The van der Waals surface area contributed by atoms with Crippen molar-refractivity contribution in [1.29, 1.82) is 0 Å². The van der Waals surface area contributed by atoms with Crippen molar-refractivity contribution in [1.82, 2.24) is 10.2 Å². The molecule has 0 aliphatic carbocycles. The third-order valence-electron chi connectivity index (χ3n) is 2.53. The van der Waals surface area contributed by atoms with Crippen molar-refractivity contribution in [3.05, 3.63) is 34.6 Å². The Morgan fingerprint density at radius 1 is 1.47 bits per heavy atom. The van der Waals surface area contributed by atoms with Gasteiger partial charge in [0.1, 0.15) is 5.82 Å². The van der Waals surface area contributed by atoms with Crippen molar-refractivity contribution < 1.29 is 4.39 Å². The Bertz CT molecular complexity index is 337. The standard InChI is InChI=1S/C12H19ClFN3/c1-17(2)7-6-16-11(8-15)12-9(13)4-3-5-10(12)14/h3-5,11,16H,6-8,15H2,1-2H3. The molecule has 1 unspecified atom stereocenters. The fourth-order valence-corrected chi connectivity index (χ4v) is 1.90. The zero-order valence-corrected chi connectivity index (χ0v) is 11.0. The van der Waals surface area contributed by atoms with Crippen LogP contribution in [0.2, 0.25) is 5.02 Å². The molecule has 3 N–H and O–H groups in total. The summed E-state index contributed by atoms with van der Waals surface area (Å²) in [4.78, 5) is 2.05. The van der Waals surface area contributed by atoms with Gasteiger partial charge in [0.25, 0.3) is 0 Å². The highest BCUT2D eigenvalue weighted by atomic mass is 35.5. The summed E-state index contributed by atoms with van der Waals surface area (Å²) in [6.45, 7) is 1.91. The van der Waals surface area contributed by atoms with E-state index in [0.29, 0.717) is 17.1 Å². The molecular formula is C12H19ClFN3. The van der Waals surface area contributed by atoms with Gasteiger partial charge in [-0.05, 0) is 26.2 Å². The van der Waals surface area contributed by atoms with Crippen molar-refractivity contribution >= 4 is 11.6 Å². The van der Waals surface area contributed by atoms with Crippen molar-refractivity contribution in [3.8, 4) is 0 Å². The first-order valence-corrected chi connectivity index (χ1v) is 5.96. The van der Waals surface area contributed by atoms with Gasteiger partial charge in [-0.25, -0.2) is 4.39 Å². The molecule has 0 saturated heterocycles. The van der Waals surface area contributed by atoms with Gasteiger partial charge < -0.3 is 16.0 Å². The minimum Gasteiger partial charge on any atom is -0.329 e. The quantitative estimate of drug-likeness (QED) is 0.816. The summed E-state index contributed by atoms with van der Waals surface area (Å²) >= 11 is 6.00. The van der Waals surface area contributed by atoms with E-state index < -0.39 is 0 Å². The number of hydrogen-bond acceptors (Lipinski definition) is 3. The van der Waals surface area contributed by atoms with Crippen molar-refractivity contribution in [2.45, 2.75) is 6.04 Å². The van der Waals surface area contributed by atoms with Gasteiger partial charge in [-0.3, -0.25) is 0 Å². The highest BCUT2D eigenvalue weighted by molar-refractivity contribution is 6.31. The van der Waals surface area contributed by atoms with Gasteiger partial charge in [0.15, 0.2) is 0 Å². The Kier molecular flexibility index (Phi) is 5.85. The molecule has 1 aromatic carbocycles. The highest BCUT2D eigenvalue weighted by Gasteiger charge is 2.16. The Labute approximate surface area is 107 Å². The number of hydrogen-bond donors (Lipinski definition) is 2. The summed E-state index contributed by atoms with van der Waals surface area (Å²) in [6.07, 6.45) is 0.